The summed E-state index contributed by atoms with van der Waals surface area (Å²) in [6.45, 7) is 0. The number of anilines is 1. The van der Waals surface area contributed by atoms with Crippen LogP contribution in [0.1, 0.15) is 12.8 Å². The third-order valence-corrected chi connectivity index (χ3v) is 3.33. The highest BCUT2D eigenvalue weighted by Crippen LogP contribution is 2.28. The van der Waals surface area contributed by atoms with Crippen molar-refractivity contribution in [3.05, 3.63) is 30.5 Å². The largest absolute Gasteiger partial charge is 0.381 e. The molecule has 17 heavy (non-hydrogen) atoms. The first-order chi connectivity index (χ1) is 8.36. The predicted octanol–water partition coefficient (Wildman–Crippen LogP) is 2.22. The second-order valence-corrected chi connectivity index (χ2v) is 4.45. The van der Waals surface area contributed by atoms with Gasteiger partial charge >= 0.3 is 0 Å². The molecule has 0 spiro atoms. The molecule has 1 aromatic heterocycles. The van der Waals surface area contributed by atoms with Crippen LogP contribution in [-0.4, -0.2) is 29.5 Å². The molecule has 88 valence electrons. The molecule has 1 N–H and O–H groups in total. The lowest BCUT2D eigenvalue weighted by atomic mass is 9.89. The molecule has 1 fully saturated rings. The molecule has 1 aliphatic rings. The number of ether oxygens (including phenoxy) is 1. The van der Waals surface area contributed by atoms with Gasteiger partial charge in [-0.2, -0.15) is 10.2 Å². The van der Waals surface area contributed by atoms with E-state index in [0.29, 0.717) is 12.1 Å². The quantitative estimate of drug-likeness (QED) is 0.876. The summed E-state index contributed by atoms with van der Waals surface area (Å²) in [5, 5.41) is 12.8. The fraction of sp³-hybridized carbons (Fsp3) is 0.385. The van der Waals surface area contributed by atoms with Gasteiger partial charge in [-0.15, -0.1) is 0 Å². The minimum absolute atomic E-state index is 0.411. The monoisotopic (exact) mass is 229 g/mol. The van der Waals surface area contributed by atoms with Crippen molar-refractivity contribution in [1.82, 2.24) is 10.2 Å². The van der Waals surface area contributed by atoms with Crippen LogP contribution in [0, 0.1) is 0 Å². The van der Waals surface area contributed by atoms with E-state index in [1.54, 1.807) is 13.3 Å². The summed E-state index contributed by atoms with van der Waals surface area (Å²) in [5.41, 5.74) is 2.00. The number of aromatic nitrogens is 2. The van der Waals surface area contributed by atoms with Gasteiger partial charge in [0, 0.05) is 18.5 Å². The molecule has 0 aliphatic heterocycles. The summed E-state index contributed by atoms with van der Waals surface area (Å²) in [7, 11) is 1.77. The number of nitrogens with zero attached hydrogens (tertiary/aromatic N) is 2. The molecular formula is C13H15N3O. The van der Waals surface area contributed by atoms with Crippen LogP contribution in [0.5, 0.6) is 0 Å². The number of fused-ring (bicyclic) bond motifs is 1. The molecule has 1 aliphatic carbocycles. The lowest BCUT2D eigenvalue weighted by molar-refractivity contribution is 0.0329. The SMILES string of the molecule is COC1CC(Nc2cnnc3ccccc23)C1. The van der Waals surface area contributed by atoms with Crippen molar-refractivity contribution in [1.29, 1.82) is 0 Å². The first-order valence-electron chi connectivity index (χ1n) is 5.86. The predicted molar refractivity (Wildman–Crippen MR) is 67.0 cm³/mol. The molecule has 2 aromatic rings. The van der Waals surface area contributed by atoms with Crippen LogP contribution in [0.15, 0.2) is 30.5 Å². The molecule has 4 heteroatoms. The molecule has 1 aromatic carbocycles. The van der Waals surface area contributed by atoms with Gasteiger partial charge in [0.15, 0.2) is 0 Å². The zero-order valence-electron chi connectivity index (χ0n) is 9.76. The molecule has 1 saturated carbocycles. The fourth-order valence-electron chi connectivity index (χ4n) is 2.22. The molecule has 0 amide bonds. The molecule has 0 unspecified atom stereocenters. The minimum Gasteiger partial charge on any atom is -0.381 e. The van der Waals surface area contributed by atoms with Gasteiger partial charge < -0.3 is 10.1 Å². The van der Waals surface area contributed by atoms with E-state index >= 15 is 0 Å². The van der Waals surface area contributed by atoms with Gasteiger partial charge in [-0.1, -0.05) is 18.2 Å². The normalized spacial score (nSPS) is 23.4. The van der Waals surface area contributed by atoms with E-state index in [2.05, 4.69) is 21.6 Å². The van der Waals surface area contributed by atoms with Gasteiger partial charge in [-0.25, -0.2) is 0 Å². The van der Waals surface area contributed by atoms with Crippen LogP contribution in [0.3, 0.4) is 0 Å². The summed E-state index contributed by atoms with van der Waals surface area (Å²) in [6.07, 6.45) is 4.33. The average Bonchev–Trinajstić information content (AvgIpc) is 2.33. The number of methoxy groups -OCH3 is 1. The highest BCUT2D eigenvalue weighted by atomic mass is 16.5. The van der Waals surface area contributed by atoms with Gasteiger partial charge in [0.1, 0.15) is 0 Å². The zero-order valence-corrected chi connectivity index (χ0v) is 9.76. The summed E-state index contributed by atoms with van der Waals surface area (Å²) in [4.78, 5) is 0. The Morgan fingerprint density at radius 2 is 2.12 bits per heavy atom. The van der Waals surface area contributed by atoms with Gasteiger partial charge in [-0.05, 0) is 18.9 Å². The summed E-state index contributed by atoms with van der Waals surface area (Å²) in [6, 6.07) is 8.54. The molecule has 0 bridgehead atoms. The number of hydrogen-bond acceptors (Lipinski definition) is 4. The Morgan fingerprint density at radius 3 is 2.94 bits per heavy atom. The highest BCUT2D eigenvalue weighted by Gasteiger charge is 2.29. The number of benzene rings is 1. The minimum atomic E-state index is 0.411. The van der Waals surface area contributed by atoms with E-state index in [0.717, 1.165) is 29.4 Å². The van der Waals surface area contributed by atoms with Gasteiger partial charge in [-0.3, -0.25) is 0 Å². The van der Waals surface area contributed by atoms with Gasteiger partial charge in [0.05, 0.1) is 23.5 Å². The Morgan fingerprint density at radius 1 is 1.29 bits per heavy atom. The maximum Gasteiger partial charge on any atom is 0.0950 e. The second kappa shape index (κ2) is 4.30. The second-order valence-electron chi connectivity index (χ2n) is 4.45. The molecule has 3 rings (SSSR count). The van der Waals surface area contributed by atoms with Crippen LogP contribution in [0.4, 0.5) is 5.69 Å². The van der Waals surface area contributed by atoms with Crippen LogP contribution in [0.25, 0.3) is 10.9 Å². The van der Waals surface area contributed by atoms with E-state index in [1.807, 2.05) is 18.2 Å². The molecule has 0 radical (unpaired) electrons. The average molecular weight is 229 g/mol. The molecule has 0 saturated heterocycles. The molecular weight excluding hydrogens is 214 g/mol. The maximum absolute atomic E-state index is 5.27. The van der Waals surface area contributed by atoms with Crippen LogP contribution in [-0.2, 0) is 4.74 Å². The van der Waals surface area contributed by atoms with Crippen LogP contribution >= 0.6 is 0 Å². The third-order valence-electron chi connectivity index (χ3n) is 3.33. The van der Waals surface area contributed by atoms with Crippen molar-refractivity contribution in [2.75, 3.05) is 12.4 Å². The summed E-state index contributed by atoms with van der Waals surface area (Å²) >= 11 is 0. The van der Waals surface area contributed by atoms with Gasteiger partial charge in [0.25, 0.3) is 0 Å². The van der Waals surface area contributed by atoms with Crippen molar-refractivity contribution in [3.63, 3.8) is 0 Å². The third kappa shape index (κ3) is 1.96. The summed E-state index contributed by atoms with van der Waals surface area (Å²) in [5.74, 6) is 0. The number of nitrogens with one attached hydrogen (secondary N) is 1. The smallest absolute Gasteiger partial charge is 0.0950 e. The maximum atomic E-state index is 5.27. The fourth-order valence-corrected chi connectivity index (χ4v) is 2.22. The first-order valence-corrected chi connectivity index (χ1v) is 5.86. The van der Waals surface area contributed by atoms with E-state index in [4.69, 9.17) is 4.74 Å². The highest BCUT2D eigenvalue weighted by molar-refractivity contribution is 5.90. The Bertz CT molecular complexity index is 518. The lowest BCUT2D eigenvalue weighted by Gasteiger charge is -2.35. The number of hydrogen-bond donors (Lipinski definition) is 1. The summed E-state index contributed by atoms with van der Waals surface area (Å²) < 4.78 is 5.27. The van der Waals surface area contributed by atoms with E-state index in [9.17, 15) is 0 Å². The van der Waals surface area contributed by atoms with Crippen LogP contribution < -0.4 is 5.32 Å². The van der Waals surface area contributed by atoms with Crippen molar-refractivity contribution < 1.29 is 4.74 Å². The molecule has 1 heterocycles. The van der Waals surface area contributed by atoms with Gasteiger partial charge in [0.2, 0.25) is 0 Å². The van der Waals surface area contributed by atoms with Crippen molar-refractivity contribution >= 4 is 16.6 Å². The Hall–Kier alpha value is -1.68. The van der Waals surface area contributed by atoms with Crippen LogP contribution in [0.2, 0.25) is 0 Å². The van der Waals surface area contributed by atoms with Crippen molar-refractivity contribution in [3.8, 4) is 0 Å². The van der Waals surface area contributed by atoms with Crippen molar-refractivity contribution in [2.24, 2.45) is 0 Å². The standard InChI is InChI=1S/C13H15N3O/c1-17-10-6-9(7-10)15-13-8-14-16-12-5-3-2-4-11(12)13/h2-5,8-10H,6-7H2,1H3,(H,15,16). The van der Waals surface area contributed by atoms with E-state index in [1.165, 1.54) is 0 Å². The van der Waals surface area contributed by atoms with Crippen molar-refractivity contribution in [2.45, 2.75) is 25.0 Å². The lowest BCUT2D eigenvalue weighted by Crippen LogP contribution is -2.40. The van der Waals surface area contributed by atoms with E-state index < -0.39 is 0 Å². The Labute approximate surface area is 100 Å². The Kier molecular flexibility index (Phi) is 2.65. The molecule has 0 atom stereocenters. The number of rotatable bonds is 3. The topological polar surface area (TPSA) is 47.0 Å². The first kappa shape index (κ1) is 10.5. The van der Waals surface area contributed by atoms with E-state index in [-0.39, 0.29) is 0 Å². The molecule has 4 nitrogen and oxygen atoms in total. The Balaban J connectivity index is 1.81. The zero-order chi connectivity index (χ0) is 11.7.